The lowest BCUT2D eigenvalue weighted by molar-refractivity contribution is 0.671. The molecule has 0 fully saturated rings. The Morgan fingerprint density at radius 3 is 3.00 bits per heavy atom. The Balaban J connectivity index is 2.07. The molecule has 3 aromatic rings. The predicted molar refractivity (Wildman–Crippen MR) is 61.1 cm³/mol. The average Bonchev–Trinajstić information content (AvgIpc) is 2.95. The summed E-state index contributed by atoms with van der Waals surface area (Å²) in [5.74, 6) is 0. The normalized spacial score (nSPS) is 11.1. The molecule has 7 heteroatoms. The Kier molecular flexibility index (Phi) is 2.30. The molecule has 7 nitrogen and oxygen atoms in total. The Labute approximate surface area is 96.9 Å². The molecule has 0 bridgehead atoms. The number of hydrogen-bond donors (Lipinski definition) is 1. The van der Waals surface area contributed by atoms with Gasteiger partial charge in [-0.1, -0.05) is 0 Å². The lowest BCUT2D eigenvalue weighted by Gasteiger charge is -2.02. The molecule has 0 saturated carbocycles. The van der Waals surface area contributed by atoms with Gasteiger partial charge in [-0.25, -0.2) is 29.3 Å². The van der Waals surface area contributed by atoms with Crippen LogP contribution in [-0.4, -0.2) is 35.8 Å². The second-order valence-electron chi connectivity index (χ2n) is 3.60. The summed E-state index contributed by atoms with van der Waals surface area (Å²) in [5, 5.41) is 0. The van der Waals surface area contributed by atoms with Crippen LogP contribution in [0.5, 0.6) is 0 Å². The number of hydrogen-bond acceptors (Lipinski definition) is 5. The number of aromatic nitrogens is 6. The number of fused-ring (bicyclic) bond motifs is 1. The van der Waals surface area contributed by atoms with E-state index in [9.17, 15) is 0 Å². The van der Waals surface area contributed by atoms with Crippen LogP contribution in [0.3, 0.4) is 0 Å². The minimum Gasteiger partial charge on any atom is -0.330 e. The van der Waals surface area contributed by atoms with Crippen molar-refractivity contribution in [3.63, 3.8) is 0 Å². The highest BCUT2D eigenvalue weighted by Gasteiger charge is 2.05. The number of nitrogens with zero attached hydrogens (tertiary/aromatic N) is 6. The summed E-state index contributed by atoms with van der Waals surface area (Å²) in [6.45, 7) is 0.587. The summed E-state index contributed by atoms with van der Waals surface area (Å²) in [4.78, 5) is 16.6. The third-order valence-electron chi connectivity index (χ3n) is 2.47. The van der Waals surface area contributed by atoms with E-state index in [1.54, 1.807) is 18.9 Å². The van der Waals surface area contributed by atoms with E-state index in [-0.39, 0.29) is 0 Å². The highest BCUT2D eigenvalue weighted by molar-refractivity contribution is 5.68. The molecule has 2 N–H and O–H groups in total. The molecule has 0 atom stereocenters. The molecule has 0 aromatic carbocycles. The van der Waals surface area contributed by atoms with E-state index in [0.29, 0.717) is 6.54 Å². The Hall–Kier alpha value is -2.28. The summed E-state index contributed by atoms with van der Waals surface area (Å²) < 4.78 is 3.64. The van der Waals surface area contributed by atoms with Gasteiger partial charge in [0.15, 0.2) is 5.65 Å². The van der Waals surface area contributed by atoms with E-state index >= 15 is 0 Å². The van der Waals surface area contributed by atoms with Crippen molar-refractivity contribution in [2.45, 2.75) is 6.42 Å². The highest BCUT2D eigenvalue weighted by atomic mass is 15.5. The van der Waals surface area contributed by atoms with Gasteiger partial charge in [-0.05, 0) is 6.54 Å². The fraction of sp³-hybridized carbons (Fsp3) is 0.200. The average molecular weight is 229 g/mol. The first-order valence-electron chi connectivity index (χ1n) is 5.25. The molecule has 3 rings (SSSR count). The van der Waals surface area contributed by atoms with Crippen LogP contribution >= 0.6 is 0 Å². The zero-order valence-electron chi connectivity index (χ0n) is 9.06. The molecule has 0 radical (unpaired) electrons. The van der Waals surface area contributed by atoms with Crippen molar-refractivity contribution >= 4 is 11.2 Å². The van der Waals surface area contributed by atoms with Crippen LogP contribution in [0.1, 0.15) is 5.69 Å². The summed E-state index contributed by atoms with van der Waals surface area (Å²) in [6, 6.07) is 0. The van der Waals surface area contributed by atoms with E-state index in [1.165, 1.54) is 6.33 Å². The number of imidazole rings is 2. The van der Waals surface area contributed by atoms with Crippen molar-refractivity contribution in [1.29, 1.82) is 0 Å². The molecule has 3 heterocycles. The van der Waals surface area contributed by atoms with E-state index < -0.39 is 0 Å². The Morgan fingerprint density at radius 2 is 2.12 bits per heavy atom. The standard InChI is InChI=1S/C10H11N7/c11-2-1-8-4-16(6-14-8)17-7-15-9-3-12-5-13-10(9)17/h3-7H,1-2,11H2. The predicted octanol–water partition coefficient (Wildman–Crippen LogP) is -0.165. The van der Waals surface area contributed by atoms with E-state index in [0.717, 1.165) is 23.3 Å². The summed E-state index contributed by atoms with van der Waals surface area (Å²) in [6.07, 6.45) is 9.25. The topological polar surface area (TPSA) is 87.4 Å². The molecule has 0 saturated heterocycles. The van der Waals surface area contributed by atoms with Gasteiger partial charge in [-0.3, -0.25) is 0 Å². The maximum atomic E-state index is 5.49. The minimum absolute atomic E-state index is 0.587. The molecular formula is C10H11N7. The first-order valence-corrected chi connectivity index (χ1v) is 5.25. The van der Waals surface area contributed by atoms with Crippen LogP contribution in [0.15, 0.2) is 31.4 Å². The summed E-state index contributed by atoms with van der Waals surface area (Å²) >= 11 is 0. The van der Waals surface area contributed by atoms with Crippen LogP contribution in [0.2, 0.25) is 0 Å². The van der Waals surface area contributed by atoms with Crippen LogP contribution in [0.4, 0.5) is 0 Å². The lowest BCUT2D eigenvalue weighted by atomic mass is 10.3. The first-order chi connectivity index (χ1) is 8.38. The van der Waals surface area contributed by atoms with Crippen LogP contribution < -0.4 is 5.73 Å². The van der Waals surface area contributed by atoms with Crippen LogP contribution in [0.25, 0.3) is 11.2 Å². The SMILES string of the molecule is NCCc1cn(-n2cnc3cncnc32)cn1. The van der Waals surface area contributed by atoms with Gasteiger partial charge in [-0.15, -0.1) is 0 Å². The van der Waals surface area contributed by atoms with E-state index in [2.05, 4.69) is 19.9 Å². The minimum atomic E-state index is 0.587. The molecule has 0 unspecified atom stereocenters. The van der Waals surface area contributed by atoms with Crippen molar-refractivity contribution in [2.24, 2.45) is 5.73 Å². The molecule has 0 aliphatic rings. The lowest BCUT2D eigenvalue weighted by Crippen LogP contribution is -2.06. The summed E-state index contributed by atoms with van der Waals surface area (Å²) in [5.41, 5.74) is 7.94. The molecular weight excluding hydrogens is 218 g/mol. The Morgan fingerprint density at radius 1 is 1.18 bits per heavy atom. The number of rotatable bonds is 3. The van der Waals surface area contributed by atoms with Gasteiger partial charge < -0.3 is 5.73 Å². The van der Waals surface area contributed by atoms with Gasteiger partial charge in [0.05, 0.1) is 18.1 Å². The second kappa shape index (κ2) is 3.95. The van der Waals surface area contributed by atoms with Gasteiger partial charge in [0.2, 0.25) is 0 Å². The van der Waals surface area contributed by atoms with Gasteiger partial charge in [0.1, 0.15) is 24.5 Å². The molecule has 0 spiro atoms. The third-order valence-corrected chi connectivity index (χ3v) is 2.47. The Bertz CT molecular complexity index is 639. The fourth-order valence-electron chi connectivity index (χ4n) is 1.67. The maximum Gasteiger partial charge on any atom is 0.182 e. The largest absolute Gasteiger partial charge is 0.330 e. The van der Waals surface area contributed by atoms with E-state index in [4.69, 9.17) is 5.73 Å². The molecule has 3 aromatic heterocycles. The highest BCUT2D eigenvalue weighted by Crippen LogP contribution is 2.08. The number of nitrogens with two attached hydrogens (primary N) is 1. The van der Waals surface area contributed by atoms with Crippen LogP contribution in [0, 0.1) is 0 Å². The van der Waals surface area contributed by atoms with Crippen molar-refractivity contribution < 1.29 is 0 Å². The maximum absolute atomic E-state index is 5.49. The molecule has 0 amide bonds. The van der Waals surface area contributed by atoms with Gasteiger partial charge in [0, 0.05) is 6.42 Å². The third kappa shape index (κ3) is 1.66. The van der Waals surface area contributed by atoms with Crippen molar-refractivity contribution in [2.75, 3.05) is 6.54 Å². The quantitative estimate of drug-likeness (QED) is 0.674. The van der Waals surface area contributed by atoms with Gasteiger partial charge >= 0.3 is 0 Å². The second-order valence-corrected chi connectivity index (χ2v) is 3.60. The van der Waals surface area contributed by atoms with Crippen molar-refractivity contribution in [1.82, 2.24) is 29.3 Å². The fourth-order valence-corrected chi connectivity index (χ4v) is 1.67. The van der Waals surface area contributed by atoms with Crippen molar-refractivity contribution in [3.8, 4) is 0 Å². The van der Waals surface area contributed by atoms with Gasteiger partial charge in [0.25, 0.3) is 0 Å². The monoisotopic (exact) mass is 229 g/mol. The van der Waals surface area contributed by atoms with Gasteiger partial charge in [-0.2, -0.15) is 0 Å². The zero-order valence-corrected chi connectivity index (χ0v) is 9.06. The zero-order chi connectivity index (χ0) is 11.7. The van der Waals surface area contributed by atoms with Crippen molar-refractivity contribution in [3.05, 3.63) is 37.1 Å². The molecule has 0 aliphatic carbocycles. The summed E-state index contributed by atoms with van der Waals surface area (Å²) in [7, 11) is 0. The smallest absolute Gasteiger partial charge is 0.182 e. The molecule has 86 valence electrons. The van der Waals surface area contributed by atoms with Crippen LogP contribution in [-0.2, 0) is 6.42 Å². The first kappa shape index (κ1) is 9.91. The molecule has 0 aliphatic heterocycles. The molecule has 17 heavy (non-hydrogen) atoms. The van der Waals surface area contributed by atoms with E-state index in [1.807, 2.05) is 15.5 Å².